The predicted molar refractivity (Wildman–Crippen MR) is 209 cm³/mol. The van der Waals surface area contributed by atoms with Gasteiger partial charge in [-0.2, -0.15) is 0 Å². The van der Waals surface area contributed by atoms with Crippen molar-refractivity contribution < 1.29 is 4.42 Å². The number of hydrogen-bond donors (Lipinski definition) is 0. The minimum atomic E-state index is 0.940. The van der Waals surface area contributed by atoms with Crippen molar-refractivity contribution in [3.8, 4) is 33.4 Å². The van der Waals surface area contributed by atoms with Crippen molar-refractivity contribution in [2.24, 2.45) is 0 Å². The molecule has 0 aliphatic rings. The standard InChI is InChI=1S/C48H28O/c1-2-14-31-29(11-1)12-9-21-36(31)46-37-17-5-7-19-39(37)47(40-20-8-6-18-38(40)46)41-26-25-34(32-15-3-4-16-33(32)41)35-27-28-44-48-42(35)24-23-30-13-10-22-43(49-44)45(30)48/h1-28H. The van der Waals surface area contributed by atoms with Gasteiger partial charge in [0.05, 0.1) is 0 Å². The van der Waals surface area contributed by atoms with Crippen LogP contribution in [-0.4, -0.2) is 0 Å². The van der Waals surface area contributed by atoms with Gasteiger partial charge >= 0.3 is 0 Å². The summed E-state index contributed by atoms with van der Waals surface area (Å²) in [4.78, 5) is 0. The minimum absolute atomic E-state index is 0.940. The van der Waals surface area contributed by atoms with Crippen molar-refractivity contribution in [2.75, 3.05) is 0 Å². The Morgan fingerprint density at radius 2 is 0.714 bits per heavy atom. The second kappa shape index (κ2) is 10.0. The van der Waals surface area contributed by atoms with Crippen LogP contribution in [0, 0.1) is 0 Å². The molecule has 0 radical (unpaired) electrons. The second-order valence-electron chi connectivity index (χ2n) is 13.1. The van der Waals surface area contributed by atoms with Crippen LogP contribution in [0.1, 0.15) is 0 Å². The first-order chi connectivity index (χ1) is 24.3. The third kappa shape index (κ3) is 3.70. The number of rotatable bonds is 3. The van der Waals surface area contributed by atoms with E-state index in [4.69, 9.17) is 4.42 Å². The van der Waals surface area contributed by atoms with Gasteiger partial charge in [-0.15, -0.1) is 0 Å². The van der Waals surface area contributed by atoms with Crippen LogP contribution >= 0.6 is 0 Å². The molecule has 1 heterocycles. The van der Waals surface area contributed by atoms with E-state index in [-0.39, 0.29) is 0 Å². The Kier molecular flexibility index (Phi) is 5.45. The zero-order valence-electron chi connectivity index (χ0n) is 26.6. The van der Waals surface area contributed by atoms with Gasteiger partial charge in [0.25, 0.3) is 0 Å². The van der Waals surface area contributed by atoms with Gasteiger partial charge < -0.3 is 4.42 Å². The quantitative estimate of drug-likeness (QED) is 0.141. The largest absolute Gasteiger partial charge is 0.456 e. The highest BCUT2D eigenvalue weighted by atomic mass is 16.3. The van der Waals surface area contributed by atoms with Gasteiger partial charge in [-0.1, -0.05) is 158 Å². The van der Waals surface area contributed by atoms with Crippen molar-refractivity contribution in [3.63, 3.8) is 0 Å². The van der Waals surface area contributed by atoms with Crippen molar-refractivity contribution >= 4 is 75.8 Å². The van der Waals surface area contributed by atoms with E-state index in [1.807, 2.05) is 0 Å². The Balaban J connectivity index is 1.22. The summed E-state index contributed by atoms with van der Waals surface area (Å²) in [6.45, 7) is 0. The number of benzene rings is 10. The maximum absolute atomic E-state index is 6.32. The van der Waals surface area contributed by atoms with Crippen LogP contribution in [0.15, 0.2) is 174 Å². The fraction of sp³-hybridized carbons (Fsp3) is 0. The Bertz CT molecular complexity index is 3040. The van der Waals surface area contributed by atoms with Gasteiger partial charge in [-0.25, -0.2) is 0 Å². The lowest BCUT2D eigenvalue weighted by molar-refractivity contribution is 0.669. The van der Waals surface area contributed by atoms with Crippen LogP contribution in [0.2, 0.25) is 0 Å². The maximum Gasteiger partial charge on any atom is 0.136 e. The third-order valence-corrected chi connectivity index (χ3v) is 10.6. The van der Waals surface area contributed by atoms with Gasteiger partial charge in [0.15, 0.2) is 0 Å². The average Bonchev–Trinajstić information content (AvgIpc) is 3.56. The minimum Gasteiger partial charge on any atom is -0.456 e. The second-order valence-corrected chi connectivity index (χ2v) is 13.1. The van der Waals surface area contributed by atoms with Gasteiger partial charge in [-0.3, -0.25) is 0 Å². The Morgan fingerprint density at radius 1 is 0.245 bits per heavy atom. The van der Waals surface area contributed by atoms with E-state index >= 15 is 0 Å². The zero-order valence-corrected chi connectivity index (χ0v) is 26.6. The molecule has 1 nitrogen and oxygen atoms in total. The molecule has 0 saturated carbocycles. The topological polar surface area (TPSA) is 13.1 Å². The highest BCUT2D eigenvalue weighted by molar-refractivity contribution is 6.28. The fourth-order valence-corrected chi connectivity index (χ4v) is 8.59. The number of furan rings is 1. The SMILES string of the molecule is c1ccc2c(-c3c4ccccc4c(-c4ccc(-c5ccc6oc7cccc8ccc5c6c87)c5ccccc45)c4ccccc34)cccc2c1. The van der Waals surface area contributed by atoms with Crippen molar-refractivity contribution in [2.45, 2.75) is 0 Å². The molecule has 0 bridgehead atoms. The summed E-state index contributed by atoms with van der Waals surface area (Å²) in [5.41, 5.74) is 9.43. The first-order valence-corrected chi connectivity index (χ1v) is 16.9. The van der Waals surface area contributed by atoms with E-state index < -0.39 is 0 Å². The Hall–Kier alpha value is -6.44. The van der Waals surface area contributed by atoms with Crippen LogP contribution in [0.3, 0.4) is 0 Å². The summed E-state index contributed by atoms with van der Waals surface area (Å²) in [6.07, 6.45) is 0. The van der Waals surface area contributed by atoms with Crippen molar-refractivity contribution in [1.82, 2.24) is 0 Å². The lowest BCUT2D eigenvalue weighted by Crippen LogP contribution is -1.93. The lowest BCUT2D eigenvalue weighted by Gasteiger charge is -2.20. The number of fused-ring (bicyclic) bond motifs is 4. The molecular weight excluding hydrogens is 593 g/mol. The first kappa shape index (κ1) is 26.6. The van der Waals surface area contributed by atoms with E-state index in [0.717, 1.165) is 11.2 Å². The summed E-state index contributed by atoms with van der Waals surface area (Å²) >= 11 is 0. The van der Waals surface area contributed by atoms with E-state index in [1.54, 1.807) is 0 Å². The molecule has 1 aromatic heterocycles. The molecule has 11 rings (SSSR count). The van der Waals surface area contributed by atoms with E-state index in [0.29, 0.717) is 0 Å². The van der Waals surface area contributed by atoms with Crippen LogP contribution in [-0.2, 0) is 0 Å². The molecule has 0 N–H and O–H groups in total. The van der Waals surface area contributed by atoms with Gasteiger partial charge in [-0.05, 0) is 99.4 Å². The van der Waals surface area contributed by atoms with E-state index in [2.05, 4.69) is 170 Å². The normalized spacial score (nSPS) is 12.1. The molecule has 49 heavy (non-hydrogen) atoms. The molecule has 0 saturated heterocycles. The van der Waals surface area contributed by atoms with E-state index in [1.165, 1.54) is 98.0 Å². The van der Waals surface area contributed by atoms with Crippen molar-refractivity contribution in [1.29, 1.82) is 0 Å². The molecule has 0 unspecified atom stereocenters. The maximum atomic E-state index is 6.32. The summed E-state index contributed by atoms with van der Waals surface area (Å²) in [6, 6.07) is 62.1. The molecule has 11 aromatic rings. The Labute approximate surface area is 282 Å². The monoisotopic (exact) mass is 620 g/mol. The molecule has 10 aromatic carbocycles. The molecule has 0 aliphatic heterocycles. The molecule has 0 atom stereocenters. The summed E-state index contributed by atoms with van der Waals surface area (Å²) in [5, 5.41) is 14.9. The molecule has 1 heteroatoms. The van der Waals surface area contributed by atoms with Gasteiger partial charge in [0, 0.05) is 10.8 Å². The highest BCUT2D eigenvalue weighted by Crippen LogP contribution is 2.48. The molecule has 226 valence electrons. The highest BCUT2D eigenvalue weighted by Gasteiger charge is 2.21. The molecule has 0 fully saturated rings. The molecule has 0 aliphatic carbocycles. The molecule has 0 spiro atoms. The third-order valence-electron chi connectivity index (χ3n) is 10.6. The van der Waals surface area contributed by atoms with Gasteiger partial charge in [0.2, 0.25) is 0 Å². The van der Waals surface area contributed by atoms with Crippen LogP contribution < -0.4 is 0 Å². The average molecular weight is 621 g/mol. The van der Waals surface area contributed by atoms with Gasteiger partial charge in [0.1, 0.15) is 11.2 Å². The van der Waals surface area contributed by atoms with Crippen LogP contribution in [0.25, 0.3) is 109 Å². The van der Waals surface area contributed by atoms with Crippen molar-refractivity contribution in [3.05, 3.63) is 170 Å². The molecule has 0 amide bonds. The van der Waals surface area contributed by atoms with Crippen LogP contribution in [0.5, 0.6) is 0 Å². The predicted octanol–water partition coefficient (Wildman–Crippen LogP) is 13.8. The smallest absolute Gasteiger partial charge is 0.136 e. The Morgan fingerprint density at radius 3 is 1.43 bits per heavy atom. The molecular formula is C48H28O. The zero-order chi connectivity index (χ0) is 32.1. The fourth-order valence-electron chi connectivity index (χ4n) is 8.59. The number of hydrogen-bond acceptors (Lipinski definition) is 1. The van der Waals surface area contributed by atoms with Crippen LogP contribution in [0.4, 0.5) is 0 Å². The van der Waals surface area contributed by atoms with E-state index in [9.17, 15) is 0 Å². The summed E-state index contributed by atoms with van der Waals surface area (Å²) in [7, 11) is 0. The lowest BCUT2D eigenvalue weighted by atomic mass is 9.82. The summed E-state index contributed by atoms with van der Waals surface area (Å²) < 4.78 is 6.32. The summed E-state index contributed by atoms with van der Waals surface area (Å²) in [5.74, 6) is 0. The first-order valence-electron chi connectivity index (χ1n) is 16.9.